The molecule has 4 nitrogen and oxygen atoms in total. The van der Waals surface area contributed by atoms with E-state index >= 15 is 0 Å². The molecule has 1 saturated carbocycles. The van der Waals surface area contributed by atoms with E-state index < -0.39 is 0 Å². The van der Waals surface area contributed by atoms with Gasteiger partial charge >= 0.3 is 0 Å². The third-order valence-electron chi connectivity index (χ3n) is 9.81. The Morgan fingerprint density at radius 1 is 0.976 bits per heavy atom. The van der Waals surface area contributed by atoms with Gasteiger partial charge in [-0.15, -0.1) is 0 Å². The average molecular weight is 655 g/mol. The monoisotopic (exact) mass is 654 g/mol. The maximum absolute atomic E-state index is 13.9. The molecule has 4 atom stereocenters. The lowest BCUT2D eigenvalue weighted by Crippen LogP contribution is -2.59. The number of carbonyl (C=O) groups is 2. The van der Waals surface area contributed by atoms with Gasteiger partial charge in [-0.25, -0.2) is 0 Å². The fraction of sp³-hybridized carbons (Fsp3) is 0.306. The van der Waals surface area contributed by atoms with Crippen LogP contribution in [-0.4, -0.2) is 20.1 Å². The molecule has 0 spiro atoms. The Hall–Kier alpha value is -3.32. The van der Waals surface area contributed by atoms with Gasteiger partial charge in [-0.3, -0.25) is 14.6 Å². The Labute approximate surface area is 256 Å². The number of fused-ring (bicyclic) bond motifs is 3. The predicted octanol–water partition coefficient (Wildman–Crippen LogP) is 8.27. The van der Waals surface area contributed by atoms with Crippen molar-refractivity contribution >= 4 is 40.0 Å². The molecule has 0 bridgehead atoms. The first-order chi connectivity index (χ1) is 19.6. The number of rotatable bonds is 5. The number of ketones is 1. The summed E-state index contributed by atoms with van der Waals surface area (Å²) in [6, 6.07) is 30.9. The minimum Gasteiger partial charge on any atom is -0.320 e. The molecule has 0 radical (unpaired) electrons. The first-order valence-electron chi connectivity index (χ1n) is 14.3. The molecular formula is C36H35IN2O2. The highest BCUT2D eigenvalue weighted by Gasteiger charge is 2.60. The number of aryl methyl sites for hydroxylation is 1. The van der Waals surface area contributed by atoms with Crippen LogP contribution in [0.1, 0.15) is 76.2 Å². The van der Waals surface area contributed by atoms with Crippen molar-refractivity contribution in [3.8, 4) is 0 Å². The summed E-state index contributed by atoms with van der Waals surface area (Å²) in [7, 11) is 0. The van der Waals surface area contributed by atoms with Crippen LogP contribution in [0.3, 0.4) is 0 Å². The van der Waals surface area contributed by atoms with Crippen molar-refractivity contribution < 1.29 is 9.59 Å². The van der Waals surface area contributed by atoms with E-state index in [4.69, 9.17) is 0 Å². The molecule has 1 fully saturated rings. The topological polar surface area (TPSA) is 59.1 Å². The number of alkyl halides is 1. The molecule has 1 N–H and O–H groups in total. The predicted molar refractivity (Wildman–Crippen MR) is 173 cm³/mol. The van der Waals surface area contributed by atoms with Crippen LogP contribution >= 0.6 is 22.6 Å². The van der Waals surface area contributed by atoms with Gasteiger partial charge < -0.3 is 5.32 Å². The van der Waals surface area contributed by atoms with Crippen LogP contribution in [-0.2, 0) is 17.3 Å². The molecule has 0 saturated heterocycles. The smallest absolute Gasteiger partial charge is 0.255 e. The van der Waals surface area contributed by atoms with Gasteiger partial charge in [0.25, 0.3) is 5.91 Å². The number of anilines is 1. The minimum atomic E-state index is -0.227. The highest BCUT2D eigenvalue weighted by Crippen LogP contribution is 2.63. The van der Waals surface area contributed by atoms with E-state index in [-0.39, 0.29) is 31.9 Å². The van der Waals surface area contributed by atoms with Gasteiger partial charge in [-0.05, 0) is 80.0 Å². The van der Waals surface area contributed by atoms with Gasteiger partial charge in [-0.2, -0.15) is 0 Å². The molecule has 41 heavy (non-hydrogen) atoms. The second-order valence-electron chi connectivity index (χ2n) is 12.3. The second kappa shape index (κ2) is 10.5. The summed E-state index contributed by atoms with van der Waals surface area (Å²) in [5.41, 5.74) is 6.03. The van der Waals surface area contributed by atoms with Gasteiger partial charge in [0.15, 0.2) is 5.78 Å². The third-order valence-corrected chi connectivity index (χ3v) is 11.4. The molecular weight excluding hydrogens is 619 g/mol. The van der Waals surface area contributed by atoms with Gasteiger partial charge in [0.1, 0.15) is 0 Å². The van der Waals surface area contributed by atoms with Crippen molar-refractivity contribution in [3.05, 3.63) is 131 Å². The summed E-state index contributed by atoms with van der Waals surface area (Å²) >= 11 is 2.70. The van der Waals surface area contributed by atoms with E-state index in [0.717, 1.165) is 30.5 Å². The van der Waals surface area contributed by atoms with Crippen molar-refractivity contribution in [1.82, 2.24) is 4.98 Å². The van der Waals surface area contributed by atoms with E-state index in [1.807, 2.05) is 25.1 Å². The molecule has 208 valence electrons. The number of hydrogen-bond donors (Lipinski definition) is 1. The first kappa shape index (κ1) is 27.8. The maximum Gasteiger partial charge on any atom is 0.255 e. The van der Waals surface area contributed by atoms with Crippen LogP contribution in [0.2, 0.25) is 0 Å². The van der Waals surface area contributed by atoms with Gasteiger partial charge in [0.2, 0.25) is 0 Å². The lowest BCUT2D eigenvalue weighted by atomic mass is 9.46. The Kier molecular flexibility index (Phi) is 7.13. The zero-order chi connectivity index (χ0) is 28.8. The summed E-state index contributed by atoms with van der Waals surface area (Å²) in [6.07, 6.45) is 4.92. The SMILES string of the molecule is Cc1ncccc1NC(=O)c1ccc2c(c1)C(=O)CC1CC(C)(c3ccccc3)C(C)(I)CC21Cc1ccccc1. The van der Waals surface area contributed by atoms with E-state index in [0.29, 0.717) is 23.2 Å². The summed E-state index contributed by atoms with van der Waals surface area (Å²) in [5.74, 6) is 0.0943. The lowest BCUT2D eigenvalue weighted by molar-refractivity contribution is 0.0642. The largest absolute Gasteiger partial charge is 0.320 e. The number of Topliss-reactive ketones (excluding diaryl/α,β-unsaturated/α-hetero) is 1. The summed E-state index contributed by atoms with van der Waals surface area (Å²) in [4.78, 5) is 31.5. The molecule has 5 heteroatoms. The molecule has 4 aromatic rings. The number of aromatic nitrogens is 1. The van der Waals surface area contributed by atoms with E-state index in [2.05, 4.69) is 113 Å². The quantitative estimate of drug-likeness (QED) is 0.174. The number of nitrogens with zero attached hydrogens (tertiary/aromatic N) is 1. The standard InChI is InChI=1S/C36H35IN2O2/c1-24-31(15-10-18-38-24)39-33(41)26-16-17-30-29(19-26)32(40)20-28-22-34(2,27-13-8-5-9-14-27)35(3,37)23-36(28,30)21-25-11-6-4-7-12-25/h4-19,28H,20-23H2,1-3H3,(H,39,41). The van der Waals surface area contributed by atoms with Crippen molar-refractivity contribution in [3.63, 3.8) is 0 Å². The van der Waals surface area contributed by atoms with Crippen LogP contribution in [0.4, 0.5) is 5.69 Å². The molecule has 3 aromatic carbocycles. The summed E-state index contributed by atoms with van der Waals surface area (Å²) < 4.78 is -0.0665. The Bertz CT molecular complexity index is 1620. The number of amides is 1. The molecule has 0 aliphatic heterocycles. The molecule has 1 aromatic heterocycles. The van der Waals surface area contributed by atoms with Crippen LogP contribution in [0, 0.1) is 12.8 Å². The maximum atomic E-state index is 13.9. The number of halogens is 1. The zero-order valence-corrected chi connectivity index (χ0v) is 25.9. The van der Waals surface area contributed by atoms with E-state index in [9.17, 15) is 9.59 Å². The number of carbonyl (C=O) groups excluding carboxylic acids is 2. The molecule has 1 amide bonds. The van der Waals surface area contributed by atoms with E-state index in [1.165, 1.54) is 11.1 Å². The Balaban J connectivity index is 1.45. The highest BCUT2D eigenvalue weighted by atomic mass is 127. The minimum absolute atomic E-state index is 0.0665. The van der Waals surface area contributed by atoms with Crippen molar-refractivity contribution in [1.29, 1.82) is 0 Å². The Morgan fingerprint density at radius 3 is 2.39 bits per heavy atom. The molecule has 2 aliphatic rings. The molecule has 4 unspecified atom stereocenters. The van der Waals surface area contributed by atoms with Crippen molar-refractivity contribution in [2.45, 2.75) is 60.7 Å². The average Bonchev–Trinajstić information content (AvgIpc) is 2.97. The van der Waals surface area contributed by atoms with Crippen molar-refractivity contribution in [2.24, 2.45) is 5.92 Å². The van der Waals surface area contributed by atoms with Gasteiger partial charge in [0.05, 0.1) is 11.4 Å². The first-order valence-corrected chi connectivity index (χ1v) is 15.4. The summed E-state index contributed by atoms with van der Waals surface area (Å²) in [6.45, 7) is 6.64. The number of benzene rings is 3. The molecule has 2 aliphatic carbocycles. The van der Waals surface area contributed by atoms with Gasteiger partial charge in [-0.1, -0.05) is 96.2 Å². The van der Waals surface area contributed by atoms with Crippen LogP contribution < -0.4 is 5.32 Å². The van der Waals surface area contributed by atoms with Gasteiger partial charge in [0, 0.05) is 38.0 Å². The number of nitrogens with one attached hydrogen (secondary N) is 1. The number of hydrogen-bond acceptors (Lipinski definition) is 3. The van der Waals surface area contributed by atoms with Crippen LogP contribution in [0.5, 0.6) is 0 Å². The van der Waals surface area contributed by atoms with Crippen LogP contribution in [0.15, 0.2) is 97.2 Å². The highest BCUT2D eigenvalue weighted by molar-refractivity contribution is 14.1. The third kappa shape index (κ3) is 4.82. The zero-order valence-electron chi connectivity index (χ0n) is 23.8. The number of pyridine rings is 1. The molecule has 1 heterocycles. The van der Waals surface area contributed by atoms with Crippen molar-refractivity contribution in [2.75, 3.05) is 5.32 Å². The van der Waals surface area contributed by atoms with E-state index in [1.54, 1.807) is 12.3 Å². The lowest BCUT2D eigenvalue weighted by Gasteiger charge is -2.60. The molecule has 6 rings (SSSR count). The fourth-order valence-electron chi connectivity index (χ4n) is 7.40. The van der Waals surface area contributed by atoms with Crippen LogP contribution in [0.25, 0.3) is 0 Å². The normalized spacial score (nSPS) is 27.0. The fourth-order valence-corrected chi connectivity index (χ4v) is 8.61. The summed E-state index contributed by atoms with van der Waals surface area (Å²) in [5, 5.41) is 2.98. The Morgan fingerprint density at radius 2 is 1.68 bits per heavy atom. The second-order valence-corrected chi connectivity index (χ2v) is 14.7.